The molecule has 4 atom stereocenters. The minimum absolute atomic E-state index is 0.140. The first-order valence-corrected chi connectivity index (χ1v) is 12.5. The summed E-state index contributed by atoms with van der Waals surface area (Å²) in [5, 5.41) is 2.20. The van der Waals surface area contributed by atoms with Crippen LogP contribution in [0, 0.1) is 29.5 Å². The van der Waals surface area contributed by atoms with E-state index in [1.165, 1.54) is 75.2 Å². The second-order valence-corrected chi connectivity index (χ2v) is 10.3. The molecule has 0 spiro atoms. The summed E-state index contributed by atoms with van der Waals surface area (Å²) in [5.74, 6) is 4.36. The monoisotopic (exact) mass is 408 g/mol. The molecule has 3 saturated carbocycles. The van der Waals surface area contributed by atoms with E-state index in [9.17, 15) is 4.39 Å². The van der Waals surface area contributed by atoms with Crippen LogP contribution in [0.5, 0.6) is 0 Å². The van der Waals surface area contributed by atoms with Crippen molar-refractivity contribution < 1.29 is 9.13 Å². The van der Waals surface area contributed by atoms with E-state index in [4.69, 9.17) is 4.74 Å². The molecule has 4 unspecified atom stereocenters. The third-order valence-electron chi connectivity index (χ3n) is 8.74. The van der Waals surface area contributed by atoms with Crippen molar-refractivity contribution >= 4 is 10.8 Å². The van der Waals surface area contributed by atoms with E-state index in [0.29, 0.717) is 12.0 Å². The van der Waals surface area contributed by atoms with Gasteiger partial charge in [0.1, 0.15) is 5.82 Å². The standard InChI is InChI=1S/C28H37FO/c1-2-30-28-13-10-19(11-14-28)20-3-4-22-16-23(6-5-21(22)15-20)24-7-8-26-18-27(29)12-9-25(26)17-24/h7-9,12,17-23,28H,2-6,10-11,13-16H2,1H3. The molecule has 2 aromatic carbocycles. The van der Waals surface area contributed by atoms with Crippen molar-refractivity contribution in [3.8, 4) is 0 Å². The second-order valence-electron chi connectivity index (χ2n) is 10.3. The van der Waals surface area contributed by atoms with Gasteiger partial charge in [-0.05, 0) is 129 Å². The van der Waals surface area contributed by atoms with Crippen LogP contribution in [0.1, 0.15) is 82.6 Å². The number of halogens is 1. The maximum absolute atomic E-state index is 13.5. The zero-order chi connectivity index (χ0) is 20.5. The lowest BCUT2D eigenvalue weighted by Gasteiger charge is -2.45. The summed E-state index contributed by atoms with van der Waals surface area (Å²) in [4.78, 5) is 0. The number of rotatable bonds is 4. The summed E-state index contributed by atoms with van der Waals surface area (Å²) in [6.07, 6.45) is 14.4. The Morgan fingerprint density at radius 3 is 2.17 bits per heavy atom. The SMILES string of the molecule is CCOC1CCC(C2CCC3CC(c4ccc5cc(F)ccc5c4)CCC3C2)CC1. The second kappa shape index (κ2) is 8.99. The van der Waals surface area contributed by atoms with E-state index in [-0.39, 0.29) is 5.82 Å². The molecule has 0 saturated heterocycles. The minimum atomic E-state index is -0.140. The number of hydrogen-bond donors (Lipinski definition) is 0. The van der Waals surface area contributed by atoms with Crippen molar-refractivity contribution in [2.24, 2.45) is 23.7 Å². The lowest BCUT2D eigenvalue weighted by atomic mass is 9.60. The highest BCUT2D eigenvalue weighted by Gasteiger charge is 2.39. The van der Waals surface area contributed by atoms with E-state index >= 15 is 0 Å². The molecule has 0 heterocycles. The van der Waals surface area contributed by atoms with Crippen molar-refractivity contribution in [3.63, 3.8) is 0 Å². The summed E-state index contributed by atoms with van der Waals surface area (Å²) >= 11 is 0. The number of hydrogen-bond acceptors (Lipinski definition) is 1. The first-order valence-electron chi connectivity index (χ1n) is 12.5. The molecular weight excluding hydrogens is 371 g/mol. The predicted octanol–water partition coefficient (Wildman–Crippen LogP) is 7.87. The molecule has 2 heteroatoms. The van der Waals surface area contributed by atoms with Gasteiger partial charge in [0.25, 0.3) is 0 Å². The minimum Gasteiger partial charge on any atom is -0.379 e. The van der Waals surface area contributed by atoms with E-state index in [1.807, 2.05) is 6.07 Å². The van der Waals surface area contributed by atoms with Gasteiger partial charge in [-0.1, -0.05) is 24.3 Å². The van der Waals surface area contributed by atoms with Gasteiger partial charge in [0.2, 0.25) is 0 Å². The summed E-state index contributed by atoms with van der Waals surface area (Å²) in [6.45, 7) is 3.00. The Morgan fingerprint density at radius 1 is 0.733 bits per heavy atom. The zero-order valence-corrected chi connectivity index (χ0v) is 18.5. The van der Waals surface area contributed by atoms with Crippen LogP contribution >= 0.6 is 0 Å². The normalized spacial score (nSPS) is 34.6. The number of benzene rings is 2. The fraction of sp³-hybridized carbons (Fsp3) is 0.643. The predicted molar refractivity (Wildman–Crippen MR) is 122 cm³/mol. The molecular formula is C28H37FO. The number of ether oxygens (including phenoxy) is 1. The van der Waals surface area contributed by atoms with E-state index in [1.54, 1.807) is 12.1 Å². The fourth-order valence-corrected chi connectivity index (χ4v) is 7.11. The zero-order valence-electron chi connectivity index (χ0n) is 18.5. The summed E-state index contributed by atoms with van der Waals surface area (Å²) in [6, 6.07) is 11.9. The average molecular weight is 409 g/mol. The van der Waals surface area contributed by atoms with Crippen molar-refractivity contribution in [2.75, 3.05) is 6.61 Å². The third-order valence-corrected chi connectivity index (χ3v) is 8.74. The van der Waals surface area contributed by atoms with E-state index in [2.05, 4.69) is 25.1 Å². The average Bonchev–Trinajstić information content (AvgIpc) is 2.79. The maximum atomic E-state index is 13.5. The van der Waals surface area contributed by atoms with Crippen molar-refractivity contribution in [3.05, 3.63) is 47.8 Å². The molecule has 1 nitrogen and oxygen atoms in total. The Bertz CT molecular complexity index is 853. The Kier molecular flexibility index (Phi) is 6.14. The molecule has 2 aromatic rings. The molecule has 0 aromatic heterocycles. The topological polar surface area (TPSA) is 9.23 Å². The lowest BCUT2D eigenvalue weighted by molar-refractivity contribution is 0.00583. The number of fused-ring (bicyclic) bond motifs is 2. The quantitative estimate of drug-likeness (QED) is 0.500. The summed E-state index contributed by atoms with van der Waals surface area (Å²) in [5.41, 5.74) is 1.48. The van der Waals surface area contributed by atoms with Crippen LogP contribution < -0.4 is 0 Å². The van der Waals surface area contributed by atoms with Gasteiger partial charge in [0.05, 0.1) is 6.10 Å². The smallest absolute Gasteiger partial charge is 0.123 e. The Hall–Kier alpha value is -1.41. The van der Waals surface area contributed by atoms with Crippen LogP contribution in [0.2, 0.25) is 0 Å². The first kappa shape index (κ1) is 20.5. The van der Waals surface area contributed by atoms with Gasteiger partial charge in [-0.25, -0.2) is 4.39 Å². The largest absolute Gasteiger partial charge is 0.379 e. The summed E-state index contributed by atoms with van der Waals surface area (Å²) in [7, 11) is 0. The first-order chi connectivity index (χ1) is 14.7. The van der Waals surface area contributed by atoms with Crippen LogP contribution in [0.3, 0.4) is 0 Å². The molecule has 0 N–H and O–H groups in total. The van der Waals surface area contributed by atoms with Gasteiger partial charge < -0.3 is 4.74 Å². The van der Waals surface area contributed by atoms with Crippen molar-refractivity contribution in [2.45, 2.75) is 83.2 Å². The van der Waals surface area contributed by atoms with Gasteiger partial charge in [-0.2, -0.15) is 0 Å². The van der Waals surface area contributed by atoms with Gasteiger partial charge in [0.15, 0.2) is 0 Å². The van der Waals surface area contributed by atoms with Crippen LogP contribution in [0.4, 0.5) is 4.39 Å². The van der Waals surface area contributed by atoms with Crippen molar-refractivity contribution in [1.29, 1.82) is 0 Å². The fourth-order valence-electron chi connectivity index (χ4n) is 7.11. The van der Waals surface area contributed by atoms with Gasteiger partial charge >= 0.3 is 0 Å². The highest BCUT2D eigenvalue weighted by molar-refractivity contribution is 5.83. The van der Waals surface area contributed by atoms with Crippen molar-refractivity contribution in [1.82, 2.24) is 0 Å². The molecule has 3 fully saturated rings. The molecule has 0 bridgehead atoms. The summed E-state index contributed by atoms with van der Waals surface area (Å²) < 4.78 is 19.4. The molecule has 3 aliphatic rings. The molecule has 30 heavy (non-hydrogen) atoms. The van der Waals surface area contributed by atoms with Gasteiger partial charge in [0, 0.05) is 6.61 Å². The molecule has 0 aliphatic heterocycles. The lowest BCUT2D eigenvalue weighted by Crippen LogP contribution is -2.35. The Balaban J connectivity index is 1.19. The Morgan fingerprint density at radius 2 is 1.37 bits per heavy atom. The van der Waals surface area contributed by atoms with E-state index < -0.39 is 0 Å². The van der Waals surface area contributed by atoms with Crippen LogP contribution in [-0.4, -0.2) is 12.7 Å². The van der Waals surface area contributed by atoms with Gasteiger partial charge in [-0.15, -0.1) is 0 Å². The van der Waals surface area contributed by atoms with Crippen LogP contribution in [0.15, 0.2) is 36.4 Å². The van der Waals surface area contributed by atoms with Crippen LogP contribution in [-0.2, 0) is 4.74 Å². The molecule has 162 valence electrons. The van der Waals surface area contributed by atoms with Crippen LogP contribution in [0.25, 0.3) is 10.8 Å². The highest BCUT2D eigenvalue weighted by Crippen LogP contribution is 2.50. The molecule has 3 aliphatic carbocycles. The highest BCUT2D eigenvalue weighted by atomic mass is 19.1. The molecule has 5 rings (SSSR count). The molecule has 0 radical (unpaired) electrons. The maximum Gasteiger partial charge on any atom is 0.123 e. The third kappa shape index (κ3) is 4.31. The van der Waals surface area contributed by atoms with E-state index in [0.717, 1.165) is 35.7 Å². The van der Waals surface area contributed by atoms with Gasteiger partial charge in [-0.3, -0.25) is 0 Å². The molecule has 0 amide bonds. The Labute approximate surface area is 181 Å².